The van der Waals surface area contributed by atoms with Gasteiger partial charge < -0.3 is 4.42 Å². The fraction of sp³-hybridized carbons (Fsp3) is 0.467. The minimum absolute atomic E-state index is 0.184. The van der Waals surface area contributed by atoms with Gasteiger partial charge in [0.05, 0.1) is 0 Å². The summed E-state index contributed by atoms with van der Waals surface area (Å²) in [7, 11) is 0. The van der Waals surface area contributed by atoms with Gasteiger partial charge in [-0.25, -0.2) is 9.97 Å². The molecule has 1 fully saturated rings. The van der Waals surface area contributed by atoms with Crippen LogP contribution in [0.15, 0.2) is 16.5 Å². The van der Waals surface area contributed by atoms with Crippen molar-refractivity contribution >= 4 is 23.2 Å². The number of hydrogen-bond acceptors (Lipinski definition) is 3. The Labute approximate surface area is 128 Å². The standard InChI is InChI=1S/C15H16Cl2N2O/c1-7(2)12-13(16)18-15(19-14(12)17)11-5-4-10(20-11)9-6-8(9)3/h4-5,7-9H,6H2,1-3H3. The van der Waals surface area contributed by atoms with E-state index in [2.05, 4.69) is 16.9 Å². The zero-order valence-electron chi connectivity index (χ0n) is 11.7. The fourth-order valence-corrected chi connectivity index (χ4v) is 3.22. The Kier molecular flexibility index (Phi) is 3.51. The van der Waals surface area contributed by atoms with Crippen LogP contribution in [0, 0.1) is 5.92 Å². The van der Waals surface area contributed by atoms with Crippen LogP contribution in [0.1, 0.15) is 50.4 Å². The van der Waals surface area contributed by atoms with E-state index in [4.69, 9.17) is 27.6 Å². The molecule has 0 spiro atoms. The highest BCUT2D eigenvalue weighted by molar-refractivity contribution is 6.34. The summed E-state index contributed by atoms with van der Waals surface area (Å²) in [4.78, 5) is 8.63. The Balaban J connectivity index is 1.96. The van der Waals surface area contributed by atoms with Gasteiger partial charge in [-0.05, 0) is 30.4 Å². The highest BCUT2D eigenvalue weighted by atomic mass is 35.5. The average molecular weight is 311 g/mol. The van der Waals surface area contributed by atoms with Crippen LogP contribution in [-0.4, -0.2) is 9.97 Å². The van der Waals surface area contributed by atoms with Crippen molar-refractivity contribution in [3.63, 3.8) is 0 Å². The molecule has 3 rings (SSSR count). The van der Waals surface area contributed by atoms with E-state index >= 15 is 0 Å². The molecule has 0 radical (unpaired) electrons. The molecule has 5 heteroatoms. The van der Waals surface area contributed by atoms with Gasteiger partial charge >= 0.3 is 0 Å². The fourth-order valence-electron chi connectivity index (χ4n) is 2.39. The van der Waals surface area contributed by atoms with Crippen molar-refractivity contribution < 1.29 is 4.42 Å². The number of aromatic nitrogens is 2. The van der Waals surface area contributed by atoms with E-state index in [1.54, 1.807) is 0 Å². The van der Waals surface area contributed by atoms with E-state index in [0.717, 1.165) is 11.3 Å². The molecule has 1 saturated carbocycles. The molecule has 0 N–H and O–H groups in total. The number of nitrogens with zero attached hydrogens (tertiary/aromatic N) is 2. The van der Waals surface area contributed by atoms with Crippen LogP contribution in [0.2, 0.25) is 10.3 Å². The van der Waals surface area contributed by atoms with Crippen LogP contribution in [0.25, 0.3) is 11.6 Å². The lowest BCUT2D eigenvalue weighted by molar-refractivity contribution is 0.515. The highest BCUT2D eigenvalue weighted by Crippen LogP contribution is 2.48. The summed E-state index contributed by atoms with van der Waals surface area (Å²) >= 11 is 12.4. The Morgan fingerprint density at radius 3 is 2.30 bits per heavy atom. The molecule has 0 amide bonds. The maximum Gasteiger partial charge on any atom is 0.198 e. The van der Waals surface area contributed by atoms with E-state index in [0.29, 0.717) is 33.7 Å². The predicted octanol–water partition coefficient (Wildman–Crippen LogP) is 5.29. The molecular formula is C15H16Cl2N2O. The molecule has 2 aromatic rings. The molecule has 0 saturated heterocycles. The SMILES string of the molecule is CC(C)c1c(Cl)nc(-c2ccc(C3CC3C)o2)nc1Cl. The summed E-state index contributed by atoms with van der Waals surface area (Å²) in [6.45, 7) is 6.24. The summed E-state index contributed by atoms with van der Waals surface area (Å²) in [5.74, 6) is 3.48. The molecule has 106 valence electrons. The van der Waals surface area contributed by atoms with Crippen LogP contribution in [-0.2, 0) is 0 Å². The average Bonchev–Trinajstić information content (AvgIpc) is 2.90. The Morgan fingerprint density at radius 1 is 1.20 bits per heavy atom. The van der Waals surface area contributed by atoms with E-state index in [9.17, 15) is 0 Å². The van der Waals surface area contributed by atoms with Crippen molar-refractivity contribution in [1.29, 1.82) is 0 Å². The second-order valence-corrected chi connectivity index (χ2v) is 6.43. The lowest BCUT2D eigenvalue weighted by atomic mass is 10.1. The van der Waals surface area contributed by atoms with Crippen molar-refractivity contribution in [2.75, 3.05) is 0 Å². The van der Waals surface area contributed by atoms with Gasteiger partial charge in [-0.1, -0.05) is 44.0 Å². The molecule has 2 unspecified atom stereocenters. The Morgan fingerprint density at radius 2 is 1.80 bits per heavy atom. The van der Waals surface area contributed by atoms with E-state index in [-0.39, 0.29) is 5.92 Å². The van der Waals surface area contributed by atoms with Crippen LogP contribution >= 0.6 is 23.2 Å². The number of halogens is 2. The predicted molar refractivity (Wildman–Crippen MR) is 80.4 cm³/mol. The normalized spacial score (nSPS) is 21.5. The summed E-state index contributed by atoms with van der Waals surface area (Å²) < 4.78 is 5.83. The molecule has 2 aromatic heterocycles. The maximum absolute atomic E-state index is 6.21. The van der Waals surface area contributed by atoms with Gasteiger partial charge in [-0.2, -0.15) is 0 Å². The largest absolute Gasteiger partial charge is 0.457 e. The molecule has 2 heterocycles. The molecule has 2 atom stereocenters. The minimum atomic E-state index is 0.184. The van der Waals surface area contributed by atoms with Gasteiger partial charge in [0.1, 0.15) is 16.1 Å². The third-order valence-electron chi connectivity index (χ3n) is 3.75. The van der Waals surface area contributed by atoms with Crippen LogP contribution in [0.4, 0.5) is 0 Å². The van der Waals surface area contributed by atoms with E-state index < -0.39 is 0 Å². The topological polar surface area (TPSA) is 38.9 Å². The molecule has 1 aliphatic rings. The number of furan rings is 1. The summed E-state index contributed by atoms with van der Waals surface area (Å²) in [5, 5.41) is 0.792. The van der Waals surface area contributed by atoms with Gasteiger partial charge in [0.25, 0.3) is 0 Å². The zero-order valence-corrected chi connectivity index (χ0v) is 13.2. The molecule has 0 aromatic carbocycles. The van der Waals surface area contributed by atoms with E-state index in [1.165, 1.54) is 6.42 Å². The first kappa shape index (κ1) is 13.9. The van der Waals surface area contributed by atoms with Gasteiger partial charge in [-0.3, -0.25) is 0 Å². The quantitative estimate of drug-likeness (QED) is 0.723. The lowest BCUT2D eigenvalue weighted by Gasteiger charge is -2.09. The molecule has 0 bridgehead atoms. The molecule has 20 heavy (non-hydrogen) atoms. The Hall–Kier alpha value is -1.06. The first-order chi connectivity index (χ1) is 9.47. The van der Waals surface area contributed by atoms with Crippen molar-refractivity contribution in [2.24, 2.45) is 5.92 Å². The van der Waals surface area contributed by atoms with Crippen LogP contribution in [0.3, 0.4) is 0 Å². The maximum atomic E-state index is 6.21. The number of hydrogen-bond donors (Lipinski definition) is 0. The molecule has 1 aliphatic carbocycles. The second-order valence-electron chi connectivity index (χ2n) is 5.72. The monoisotopic (exact) mass is 310 g/mol. The zero-order chi connectivity index (χ0) is 14.4. The first-order valence-electron chi connectivity index (χ1n) is 6.80. The van der Waals surface area contributed by atoms with E-state index in [1.807, 2.05) is 26.0 Å². The summed E-state index contributed by atoms with van der Waals surface area (Å²) in [5.41, 5.74) is 0.777. The van der Waals surface area contributed by atoms with Gasteiger partial charge in [0, 0.05) is 11.5 Å². The molecular weight excluding hydrogens is 295 g/mol. The van der Waals surface area contributed by atoms with Crippen molar-refractivity contribution in [3.8, 4) is 11.6 Å². The van der Waals surface area contributed by atoms with Gasteiger partial charge in [0.15, 0.2) is 11.6 Å². The second kappa shape index (κ2) is 5.05. The van der Waals surface area contributed by atoms with Crippen LogP contribution < -0.4 is 0 Å². The number of rotatable bonds is 3. The Bertz CT molecular complexity index is 628. The summed E-state index contributed by atoms with van der Waals surface area (Å²) in [6.07, 6.45) is 1.18. The summed E-state index contributed by atoms with van der Waals surface area (Å²) in [6, 6.07) is 3.88. The lowest BCUT2D eigenvalue weighted by Crippen LogP contribution is -1.98. The van der Waals surface area contributed by atoms with Crippen LogP contribution in [0.5, 0.6) is 0 Å². The smallest absolute Gasteiger partial charge is 0.198 e. The molecule has 0 aliphatic heterocycles. The third-order valence-corrected chi connectivity index (χ3v) is 4.33. The van der Waals surface area contributed by atoms with Crippen molar-refractivity contribution in [1.82, 2.24) is 9.97 Å². The highest BCUT2D eigenvalue weighted by Gasteiger charge is 2.36. The third kappa shape index (κ3) is 2.45. The van der Waals surface area contributed by atoms with Gasteiger partial charge in [-0.15, -0.1) is 0 Å². The van der Waals surface area contributed by atoms with Gasteiger partial charge in [0.2, 0.25) is 0 Å². The first-order valence-corrected chi connectivity index (χ1v) is 7.56. The van der Waals surface area contributed by atoms with Crippen molar-refractivity contribution in [2.45, 2.75) is 39.0 Å². The minimum Gasteiger partial charge on any atom is -0.457 e. The van der Waals surface area contributed by atoms with Crippen molar-refractivity contribution in [3.05, 3.63) is 33.8 Å². The molecule has 3 nitrogen and oxygen atoms in total.